The zero-order valence-corrected chi connectivity index (χ0v) is 15.2. The first-order chi connectivity index (χ1) is 11.6. The molecule has 128 valence electrons. The van der Waals surface area contributed by atoms with E-state index in [1.54, 1.807) is 23.5 Å². The molecule has 0 aliphatic rings. The van der Waals surface area contributed by atoms with Crippen LogP contribution in [0.15, 0.2) is 40.6 Å². The fourth-order valence-corrected chi connectivity index (χ4v) is 5.26. The normalized spacial score (nSPS) is 13.4. The van der Waals surface area contributed by atoms with Gasteiger partial charge in [-0.3, -0.25) is 0 Å². The van der Waals surface area contributed by atoms with Gasteiger partial charge in [-0.2, -0.15) is 8.75 Å². The van der Waals surface area contributed by atoms with Gasteiger partial charge < -0.3 is 5.11 Å². The van der Waals surface area contributed by atoms with Gasteiger partial charge in [0.05, 0.1) is 11.7 Å². The molecule has 0 fully saturated rings. The quantitative estimate of drug-likeness (QED) is 0.624. The second-order valence-electron chi connectivity index (χ2n) is 5.30. The van der Waals surface area contributed by atoms with E-state index in [1.807, 2.05) is 17.5 Å². The van der Waals surface area contributed by atoms with E-state index in [1.165, 1.54) is 6.07 Å². The summed E-state index contributed by atoms with van der Waals surface area (Å²) in [6, 6.07) is 8.92. The third-order valence-corrected chi connectivity index (χ3v) is 6.82. The number of thiophene rings is 1. The van der Waals surface area contributed by atoms with E-state index in [9.17, 15) is 13.5 Å². The molecule has 6 nitrogen and oxygen atoms in total. The van der Waals surface area contributed by atoms with E-state index in [-0.39, 0.29) is 17.4 Å². The monoisotopic (exact) mass is 383 g/mol. The van der Waals surface area contributed by atoms with E-state index in [4.69, 9.17) is 0 Å². The molecule has 0 amide bonds. The molecule has 0 saturated heterocycles. The first kappa shape index (κ1) is 17.4. The highest BCUT2D eigenvalue weighted by molar-refractivity contribution is 7.89. The molecule has 9 heteroatoms. The Kier molecular flexibility index (Phi) is 5.57. The van der Waals surface area contributed by atoms with Crippen LogP contribution in [-0.2, 0) is 10.0 Å². The van der Waals surface area contributed by atoms with Gasteiger partial charge in [0.2, 0.25) is 10.0 Å². The van der Waals surface area contributed by atoms with Crippen LogP contribution in [0, 0.1) is 0 Å². The molecule has 2 N–H and O–H groups in total. The third-order valence-electron chi connectivity index (χ3n) is 3.75. The van der Waals surface area contributed by atoms with Gasteiger partial charge in [0.1, 0.15) is 15.9 Å². The lowest BCUT2D eigenvalue weighted by Gasteiger charge is -2.14. The lowest BCUT2D eigenvalue weighted by molar-refractivity contribution is 0.273. The van der Waals surface area contributed by atoms with Crippen molar-refractivity contribution in [3.8, 4) is 0 Å². The van der Waals surface area contributed by atoms with E-state index < -0.39 is 10.0 Å². The second-order valence-corrected chi connectivity index (χ2v) is 8.54. The van der Waals surface area contributed by atoms with E-state index >= 15 is 0 Å². The number of hydrogen-bond donors (Lipinski definition) is 2. The fourth-order valence-electron chi connectivity index (χ4n) is 2.55. The molecule has 0 unspecified atom stereocenters. The average Bonchev–Trinajstić information content (AvgIpc) is 3.24. The summed E-state index contributed by atoms with van der Waals surface area (Å²) in [5.41, 5.74) is 0.986. The first-order valence-electron chi connectivity index (χ1n) is 7.47. The van der Waals surface area contributed by atoms with E-state index in [0.717, 1.165) is 16.6 Å². The molecule has 24 heavy (non-hydrogen) atoms. The summed E-state index contributed by atoms with van der Waals surface area (Å²) in [5.74, 6) is 0.148. The molecule has 2 aromatic heterocycles. The summed E-state index contributed by atoms with van der Waals surface area (Å²) >= 11 is 2.62. The Hall–Kier alpha value is -1.39. The molecule has 0 spiro atoms. The molecular formula is C15H17N3O3S3. The Morgan fingerprint density at radius 3 is 2.79 bits per heavy atom. The van der Waals surface area contributed by atoms with E-state index in [0.29, 0.717) is 30.4 Å². The number of aromatic nitrogens is 2. The van der Waals surface area contributed by atoms with Gasteiger partial charge in [0.25, 0.3) is 0 Å². The summed E-state index contributed by atoms with van der Waals surface area (Å²) in [4.78, 5) is 1.32. The van der Waals surface area contributed by atoms with Gasteiger partial charge in [0, 0.05) is 18.0 Å². The Balaban J connectivity index is 1.70. The number of nitrogens with zero attached hydrogens (tertiary/aromatic N) is 2. The zero-order valence-electron chi connectivity index (χ0n) is 12.8. The van der Waals surface area contributed by atoms with Crippen LogP contribution in [0.3, 0.4) is 0 Å². The van der Waals surface area contributed by atoms with Gasteiger partial charge in [-0.25, -0.2) is 13.1 Å². The standard InChI is InChI=1S/C15H17N3O3S3/c19-9-7-11(13-4-2-10-22-13)6-8-16-24(20,21)14-5-1-3-12-15(14)18-23-17-12/h1-5,10-11,16,19H,6-9H2/t11-/m1/s1. The van der Waals surface area contributed by atoms with E-state index in [2.05, 4.69) is 13.5 Å². The molecule has 3 rings (SSSR count). The van der Waals surface area contributed by atoms with Gasteiger partial charge in [0.15, 0.2) is 0 Å². The van der Waals surface area contributed by atoms with Crippen LogP contribution in [0.1, 0.15) is 23.6 Å². The highest BCUT2D eigenvalue weighted by Gasteiger charge is 2.20. The summed E-state index contributed by atoms with van der Waals surface area (Å²) in [5, 5.41) is 11.2. The summed E-state index contributed by atoms with van der Waals surface area (Å²) < 4.78 is 35.9. The number of sulfonamides is 1. The molecule has 0 aliphatic heterocycles. The number of rotatable bonds is 8. The first-order valence-corrected chi connectivity index (χ1v) is 10.6. The van der Waals surface area contributed by atoms with Crippen LogP contribution in [0.2, 0.25) is 0 Å². The number of aliphatic hydroxyl groups is 1. The zero-order chi connectivity index (χ0) is 17.0. The number of hydrogen-bond acceptors (Lipinski definition) is 7. The van der Waals surface area contributed by atoms with Crippen LogP contribution >= 0.6 is 23.1 Å². The van der Waals surface area contributed by atoms with Crippen molar-refractivity contribution in [2.75, 3.05) is 13.2 Å². The molecule has 1 atom stereocenters. The van der Waals surface area contributed by atoms with Crippen LogP contribution in [0.25, 0.3) is 11.0 Å². The highest BCUT2D eigenvalue weighted by atomic mass is 32.2. The van der Waals surface area contributed by atoms with Gasteiger partial charge in [-0.05, 0) is 42.3 Å². The average molecular weight is 384 g/mol. The molecule has 2 heterocycles. The second kappa shape index (κ2) is 7.66. The Morgan fingerprint density at radius 2 is 2.04 bits per heavy atom. The molecule has 3 aromatic rings. The number of aliphatic hydroxyl groups excluding tert-OH is 1. The summed E-state index contributed by atoms with van der Waals surface area (Å²) in [7, 11) is -3.64. The maximum atomic E-state index is 12.5. The minimum atomic E-state index is -3.64. The molecule has 0 saturated carbocycles. The topological polar surface area (TPSA) is 92.2 Å². The minimum absolute atomic E-state index is 0.0825. The molecule has 0 aliphatic carbocycles. The van der Waals surface area contributed by atoms with Crippen molar-refractivity contribution in [2.45, 2.75) is 23.7 Å². The van der Waals surface area contributed by atoms with Crippen molar-refractivity contribution < 1.29 is 13.5 Å². The predicted octanol–water partition coefficient (Wildman–Crippen LogP) is 2.59. The van der Waals surface area contributed by atoms with Crippen molar-refractivity contribution in [3.63, 3.8) is 0 Å². The summed E-state index contributed by atoms with van der Waals surface area (Å²) in [6.45, 7) is 0.387. The molecule has 1 aromatic carbocycles. The lowest BCUT2D eigenvalue weighted by Crippen LogP contribution is -2.26. The lowest BCUT2D eigenvalue weighted by atomic mass is 10.0. The number of fused-ring (bicyclic) bond motifs is 1. The van der Waals surface area contributed by atoms with Crippen LogP contribution in [0.4, 0.5) is 0 Å². The fraction of sp³-hybridized carbons (Fsp3) is 0.333. The molecular weight excluding hydrogens is 366 g/mol. The third kappa shape index (κ3) is 3.81. The van der Waals surface area contributed by atoms with Crippen LogP contribution in [-0.4, -0.2) is 35.4 Å². The van der Waals surface area contributed by atoms with Crippen molar-refractivity contribution in [3.05, 3.63) is 40.6 Å². The SMILES string of the molecule is O=S(=O)(NCC[C@H](CCO)c1cccs1)c1cccc2nsnc12. The van der Waals surface area contributed by atoms with Crippen molar-refractivity contribution >= 4 is 44.1 Å². The highest BCUT2D eigenvalue weighted by Crippen LogP contribution is 2.27. The van der Waals surface area contributed by atoms with Crippen molar-refractivity contribution in [1.82, 2.24) is 13.5 Å². The number of nitrogens with one attached hydrogen (secondary N) is 1. The maximum absolute atomic E-state index is 12.5. The van der Waals surface area contributed by atoms with Gasteiger partial charge >= 0.3 is 0 Å². The van der Waals surface area contributed by atoms with Crippen molar-refractivity contribution in [1.29, 1.82) is 0 Å². The smallest absolute Gasteiger partial charge is 0.242 e. The van der Waals surface area contributed by atoms with Gasteiger partial charge in [-0.1, -0.05) is 12.1 Å². The molecule has 0 radical (unpaired) electrons. The Labute approximate surface area is 148 Å². The Morgan fingerprint density at radius 1 is 1.17 bits per heavy atom. The predicted molar refractivity (Wildman–Crippen MR) is 96.0 cm³/mol. The molecule has 0 bridgehead atoms. The van der Waals surface area contributed by atoms with Gasteiger partial charge in [-0.15, -0.1) is 11.3 Å². The Bertz CT molecular complexity index is 891. The largest absolute Gasteiger partial charge is 0.396 e. The summed E-state index contributed by atoms with van der Waals surface area (Å²) in [6.07, 6.45) is 1.25. The van der Waals surface area contributed by atoms with Crippen LogP contribution < -0.4 is 4.72 Å². The minimum Gasteiger partial charge on any atom is -0.396 e. The maximum Gasteiger partial charge on any atom is 0.242 e. The number of benzene rings is 1. The van der Waals surface area contributed by atoms with Crippen molar-refractivity contribution in [2.24, 2.45) is 0 Å². The van der Waals surface area contributed by atoms with Crippen LogP contribution in [0.5, 0.6) is 0 Å².